The zero-order valence-corrected chi connectivity index (χ0v) is 16.4. The number of aromatic nitrogens is 3. The predicted molar refractivity (Wildman–Crippen MR) is 111 cm³/mol. The Morgan fingerprint density at radius 3 is 2.71 bits per heavy atom. The van der Waals surface area contributed by atoms with Crippen LogP contribution in [0.2, 0.25) is 0 Å². The van der Waals surface area contributed by atoms with E-state index in [1.165, 1.54) is 5.57 Å². The normalized spacial score (nSPS) is 22.9. The van der Waals surface area contributed by atoms with Crippen LogP contribution >= 0.6 is 0 Å². The number of allylic oxidation sites excluding steroid dienone is 2. The highest BCUT2D eigenvalue weighted by Crippen LogP contribution is 2.32. The van der Waals surface area contributed by atoms with E-state index in [4.69, 9.17) is 4.74 Å². The van der Waals surface area contributed by atoms with Crippen molar-refractivity contribution in [2.24, 2.45) is 22.9 Å². The van der Waals surface area contributed by atoms with Crippen molar-refractivity contribution in [3.8, 4) is 5.75 Å². The molecule has 7 nitrogen and oxygen atoms in total. The van der Waals surface area contributed by atoms with E-state index in [-0.39, 0.29) is 5.92 Å². The van der Waals surface area contributed by atoms with Gasteiger partial charge in [0.25, 0.3) is 0 Å². The van der Waals surface area contributed by atoms with Gasteiger partial charge >= 0.3 is 11.2 Å². The molecule has 2 heterocycles. The third-order valence-corrected chi connectivity index (χ3v) is 5.65. The van der Waals surface area contributed by atoms with Crippen LogP contribution in [0.1, 0.15) is 27.2 Å². The molecular formula is C21H24N4O3. The molecule has 3 atom stereocenters. The number of rotatable bonds is 3. The molecule has 28 heavy (non-hydrogen) atoms. The van der Waals surface area contributed by atoms with E-state index in [0.717, 1.165) is 22.0 Å². The summed E-state index contributed by atoms with van der Waals surface area (Å²) in [4.78, 5) is 31.4. The van der Waals surface area contributed by atoms with Gasteiger partial charge in [0.15, 0.2) is 0 Å². The molecule has 0 saturated heterocycles. The van der Waals surface area contributed by atoms with Crippen molar-refractivity contribution in [3.05, 3.63) is 50.7 Å². The predicted octanol–water partition coefficient (Wildman–Crippen LogP) is 3.25. The van der Waals surface area contributed by atoms with Crippen molar-refractivity contribution in [2.45, 2.75) is 27.2 Å². The number of benzene rings is 1. The molecule has 0 bridgehead atoms. The standard InChI is InChI=1S/C21H24N4O3/c1-11-7-12(2)16(13(3)8-11)10-22-25-20(26)19-18(24-21(25)27)15-9-14(28-4)5-6-17(15)23-19/h5-7,9-10,12-13,16,23H,8H2,1-4H3,(H,24,27)/t12?,13?,16-/m0/s1. The van der Waals surface area contributed by atoms with E-state index in [1.807, 2.05) is 6.07 Å². The van der Waals surface area contributed by atoms with Crippen LogP contribution in [0.5, 0.6) is 5.75 Å². The fourth-order valence-corrected chi connectivity index (χ4v) is 4.27. The Morgan fingerprint density at radius 1 is 1.21 bits per heavy atom. The second kappa shape index (κ2) is 6.82. The summed E-state index contributed by atoms with van der Waals surface area (Å²) in [6.45, 7) is 6.44. The first-order valence-corrected chi connectivity index (χ1v) is 9.45. The van der Waals surface area contributed by atoms with E-state index in [0.29, 0.717) is 28.6 Å². The SMILES string of the molecule is COc1ccc2[nH]c3c(=O)n(N=C[C@H]4C(C)C=C(C)CC4C)c(=O)[nH]c3c2c1. The first kappa shape index (κ1) is 18.3. The van der Waals surface area contributed by atoms with Crippen LogP contribution in [0, 0.1) is 17.8 Å². The zero-order valence-electron chi connectivity index (χ0n) is 16.4. The largest absolute Gasteiger partial charge is 0.497 e. The lowest BCUT2D eigenvalue weighted by Crippen LogP contribution is -2.33. The van der Waals surface area contributed by atoms with E-state index < -0.39 is 11.2 Å². The van der Waals surface area contributed by atoms with Gasteiger partial charge in [-0.25, -0.2) is 4.79 Å². The molecule has 7 heteroatoms. The smallest absolute Gasteiger partial charge is 0.350 e. The molecule has 0 saturated carbocycles. The van der Waals surface area contributed by atoms with Gasteiger partial charge in [0.2, 0.25) is 0 Å². The van der Waals surface area contributed by atoms with Crippen LogP contribution in [0.3, 0.4) is 0 Å². The first-order valence-electron chi connectivity index (χ1n) is 9.45. The Kier molecular flexibility index (Phi) is 4.45. The topological polar surface area (TPSA) is 92.2 Å². The number of nitrogens with one attached hydrogen (secondary N) is 2. The Morgan fingerprint density at radius 2 is 2.00 bits per heavy atom. The summed E-state index contributed by atoms with van der Waals surface area (Å²) in [5.74, 6) is 1.55. The minimum Gasteiger partial charge on any atom is -0.497 e. The van der Waals surface area contributed by atoms with Gasteiger partial charge in [-0.05, 0) is 43.4 Å². The highest BCUT2D eigenvalue weighted by Gasteiger charge is 2.25. The molecule has 0 aliphatic heterocycles. The third-order valence-electron chi connectivity index (χ3n) is 5.65. The molecule has 0 fully saturated rings. The number of hydrogen-bond donors (Lipinski definition) is 2. The molecular weight excluding hydrogens is 356 g/mol. The van der Waals surface area contributed by atoms with Crippen LogP contribution in [0.15, 0.2) is 44.5 Å². The van der Waals surface area contributed by atoms with E-state index in [2.05, 4.69) is 41.9 Å². The maximum Gasteiger partial charge on any atom is 0.350 e. The molecule has 1 aliphatic carbocycles. The van der Waals surface area contributed by atoms with Crippen molar-refractivity contribution in [3.63, 3.8) is 0 Å². The number of nitrogens with zero attached hydrogens (tertiary/aromatic N) is 2. The molecule has 2 unspecified atom stereocenters. The second-order valence-electron chi connectivity index (χ2n) is 7.73. The molecule has 1 aromatic carbocycles. The van der Waals surface area contributed by atoms with Gasteiger partial charge in [-0.3, -0.25) is 4.79 Å². The summed E-state index contributed by atoms with van der Waals surface area (Å²) in [5, 5.41) is 5.00. The lowest BCUT2D eigenvalue weighted by Gasteiger charge is -2.29. The number of fused-ring (bicyclic) bond motifs is 3. The lowest BCUT2D eigenvalue weighted by atomic mass is 9.76. The molecule has 3 aromatic rings. The molecule has 2 N–H and O–H groups in total. The van der Waals surface area contributed by atoms with Gasteiger partial charge in [-0.1, -0.05) is 25.5 Å². The maximum atomic E-state index is 12.9. The van der Waals surface area contributed by atoms with Gasteiger partial charge in [-0.2, -0.15) is 5.10 Å². The quantitative estimate of drug-likeness (QED) is 0.540. The molecule has 0 amide bonds. The molecule has 1 aliphatic rings. The van der Waals surface area contributed by atoms with Gasteiger partial charge in [0.1, 0.15) is 11.3 Å². The van der Waals surface area contributed by atoms with Gasteiger partial charge in [0, 0.05) is 23.0 Å². The summed E-state index contributed by atoms with van der Waals surface area (Å²) in [7, 11) is 1.57. The summed E-state index contributed by atoms with van der Waals surface area (Å²) >= 11 is 0. The Balaban J connectivity index is 1.81. The second-order valence-corrected chi connectivity index (χ2v) is 7.73. The van der Waals surface area contributed by atoms with E-state index >= 15 is 0 Å². The number of ether oxygens (including phenoxy) is 1. The number of hydrogen-bond acceptors (Lipinski definition) is 4. The van der Waals surface area contributed by atoms with Crippen molar-refractivity contribution in [2.75, 3.05) is 7.11 Å². The first-order chi connectivity index (χ1) is 13.4. The van der Waals surface area contributed by atoms with Crippen LogP contribution < -0.4 is 16.0 Å². The lowest BCUT2D eigenvalue weighted by molar-refractivity contribution is 0.361. The highest BCUT2D eigenvalue weighted by atomic mass is 16.5. The number of H-pyrrole nitrogens is 2. The minimum absolute atomic E-state index is 0.178. The monoisotopic (exact) mass is 380 g/mol. The fraction of sp³-hybridized carbons (Fsp3) is 0.381. The van der Waals surface area contributed by atoms with E-state index in [1.54, 1.807) is 25.5 Å². The van der Waals surface area contributed by atoms with Crippen LogP contribution in [-0.2, 0) is 0 Å². The van der Waals surface area contributed by atoms with Crippen molar-refractivity contribution >= 4 is 28.2 Å². The van der Waals surface area contributed by atoms with Gasteiger partial charge in [-0.15, -0.1) is 4.68 Å². The Labute approximate surface area is 161 Å². The summed E-state index contributed by atoms with van der Waals surface area (Å²) < 4.78 is 6.14. The molecule has 2 aromatic heterocycles. The van der Waals surface area contributed by atoms with Crippen LogP contribution in [-0.4, -0.2) is 28.0 Å². The highest BCUT2D eigenvalue weighted by molar-refractivity contribution is 6.04. The minimum atomic E-state index is -0.555. The summed E-state index contributed by atoms with van der Waals surface area (Å²) in [6, 6.07) is 5.41. The average molecular weight is 380 g/mol. The number of methoxy groups -OCH3 is 1. The van der Waals surface area contributed by atoms with Crippen molar-refractivity contribution < 1.29 is 4.74 Å². The summed E-state index contributed by atoms with van der Waals surface area (Å²) in [6.07, 6.45) is 4.97. The van der Waals surface area contributed by atoms with Crippen LogP contribution in [0.25, 0.3) is 21.9 Å². The molecule has 146 valence electrons. The third kappa shape index (κ3) is 2.96. The summed E-state index contributed by atoms with van der Waals surface area (Å²) in [5.41, 5.74) is 1.89. The maximum absolute atomic E-state index is 12.9. The molecule has 4 rings (SSSR count). The zero-order chi connectivity index (χ0) is 20.0. The van der Waals surface area contributed by atoms with Crippen LogP contribution in [0.4, 0.5) is 0 Å². The fourth-order valence-electron chi connectivity index (χ4n) is 4.27. The van der Waals surface area contributed by atoms with Gasteiger partial charge in [0.05, 0.1) is 12.6 Å². The van der Waals surface area contributed by atoms with E-state index in [9.17, 15) is 9.59 Å². The molecule has 0 spiro atoms. The van der Waals surface area contributed by atoms with Gasteiger partial charge < -0.3 is 14.7 Å². The number of aromatic amines is 2. The van der Waals surface area contributed by atoms with Crippen molar-refractivity contribution in [1.82, 2.24) is 14.6 Å². The molecule has 0 radical (unpaired) electrons. The Bertz CT molecular complexity index is 1230. The Hall–Kier alpha value is -3.09. The van der Waals surface area contributed by atoms with Crippen molar-refractivity contribution in [1.29, 1.82) is 0 Å². The average Bonchev–Trinajstić information content (AvgIpc) is 3.01.